The van der Waals surface area contributed by atoms with Gasteiger partial charge in [-0.3, -0.25) is 4.79 Å². The number of aliphatic hydroxyl groups excluding tert-OH is 1. The lowest BCUT2D eigenvalue weighted by Gasteiger charge is -2.19. The molecule has 100 valence electrons. The van der Waals surface area contributed by atoms with Gasteiger partial charge in [0.15, 0.2) is 0 Å². The summed E-state index contributed by atoms with van der Waals surface area (Å²) in [5.41, 5.74) is 2.41. The largest absolute Gasteiger partial charge is 0.384 e. The van der Waals surface area contributed by atoms with Crippen molar-refractivity contribution in [3.63, 3.8) is 0 Å². The molecule has 0 saturated carbocycles. The predicted molar refractivity (Wildman–Crippen MR) is 73.3 cm³/mol. The molecule has 0 aliphatic rings. The smallest absolute Gasteiger partial charge is 0.251 e. The molecule has 0 radical (unpaired) electrons. The van der Waals surface area contributed by atoms with Crippen LogP contribution in [0.4, 0.5) is 0 Å². The highest BCUT2D eigenvalue weighted by Crippen LogP contribution is 2.19. The van der Waals surface area contributed by atoms with Gasteiger partial charge in [-0.2, -0.15) is 0 Å². The van der Waals surface area contributed by atoms with E-state index in [-0.39, 0.29) is 5.91 Å². The topological polar surface area (TPSA) is 40.5 Å². The molecule has 0 heterocycles. The number of carbonyl (C=O) groups is 1. The molecule has 0 aliphatic heterocycles. The second-order valence-electron chi connectivity index (χ2n) is 4.92. The van der Waals surface area contributed by atoms with Gasteiger partial charge >= 0.3 is 0 Å². The van der Waals surface area contributed by atoms with E-state index in [0.29, 0.717) is 12.5 Å². The number of rotatable bonds is 5. The normalized spacial score (nSPS) is 14.1. The second kappa shape index (κ2) is 6.55. The Balaban J connectivity index is 2.66. The fourth-order valence-corrected chi connectivity index (χ4v) is 1.86. The van der Waals surface area contributed by atoms with Crippen LogP contribution in [-0.4, -0.2) is 29.1 Å². The summed E-state index contributed by atoms with van der Waals surface area (Å²) in [5, 5.41) is 9.23. The molecule has 1 N–H and O–H groups in total. The Morgan fingerprint density at radius 1 is 1.28 bits per heavy atom. The van der Waals surface area contributed by atoms with E-state index in [2.05, 4.69) is 26.0 Å². The van der Waals surface area contributed by atoms with E-state index in [1.807, 2.05) is 12.1 Å². The second-order valence-corrected chi connectivity index (χ2v) is 4.92. The van der Waals surface area contributed by atoms with Gasteiger partial charge in [0.25, 0.3) is 5.91 Å². The molecule has 18 heavy (non-hydrogen) atoms. The molecule has 1 aromatic carbocycles. The van der Waals surface area contributed by atoms with Crippen LogP contribution in [0.2, 0.25) is 0 Å². The van der Waals surface area contributed by atoms with E-state index in [1.54, 1.807) is 11.9 Å². The minimum Gasteiger partial charge on any atom is -0.384 e. The standard InChI is InChI=1S/C15H23NO2/c1-5-11(2)14-8-6-13(7-9-14)10-16(4)15(18)12(3)17/h6-9,11-12,17H,5,10H2,1-4H3. The minimum atomic E-state index is -0.936. The lowest BCUT2D eigenvalue weighted by atomic mass is 9.97. The first-order chi connectivity index (χ1) is 8.45. The first-order valence-electron chi connectivity index (χ1n) is 6.47. The molecular formula is C15H23NO2. The summed E-state index contributed by atoms with van der Waals surface area (Å²) >= 11 is 0. The van der Waals surface area contributed by atoms with E-state index in [9.17, 15) is 9.90 Å². The van der Waals surface area contributed by atoms with Crippen LogP contribution in [0.1, 0.15) is 44.2 Å². The van der Waals surface area contributed by atoms with E-state index in [4.69, 9.17) is 0 Å². The van der Waals surface area contributed by atoms with Crippen molar-refractivity contribution in [2.75, 3.05) is 7.05 Å². The molecule has 0 aromatic heterocycles. The van der Waals surface area contributed by atoms with Gasteiger partial charge in [0.05, 0.1) is 0 Å². The van der Waals surface area contributed by atoms with Crippen molar-refractivity contribution in [2.24, 2.45) is 0 Å². The number of hydrogen-bond acceptors (Lipinski definition) is 2. The van der Waals surface area contributed by atoms with Crippen LogP contribution < -0.4 is 0 Å². The summed E-state index contributed by atoms with van der Waals surface area (Å²) in [4.78, 5) is 13.1. The maximum Gasteiger partial charge on any atom is 0.251 e. The fourth-order valence-electron chi connectivity index (χ4n) is 1.86. The predicted octanol–water partition coefficient (Wildman–Crippen LogP) is 2.54. The lowest BCUT2D eigenvalue weighted by molar-refractivity contribution is -0.138. The molecule has 3 heteroatoms. The number of benzene rings is 1. The third kappa shape index (κ3) is 3.84. The number of likely N-dealkylation sites (N-methyl/N-ethyl adjacent to an activating group) is 1. The van der Waals surface area contributed by atoms with Gasteiger partial charge in [-0.05, 0) is 30.4 Å². The average Bonchev–Trinajstić information content (AvgIpc) is 2.37. The Morgan fingerprint density at radius 3 is 2.28 bits per heavy atom. The van der Waals surface area contributed by atoms with Crippen molar-refractivity contribution < 1.29 is 9.90 Å². The molecular weight excluding hydrogens is 226 g/mol. The van der Waals surface area contributed by atoms with Crippen molar-refractivity contribution in [1.82, 2.24) is 4.90 Å². The summed E-state index contributed by atoms with van der Waals surface area (Å²) in [7, 11) is 1.71. The molecule has 0 aliphatic carbocycles. The number of aliphatic hydroxyl groups is 1. The molecule has 1 aromatic rings. The third-order valence-electron chi connectivity index (χ3n) is 3.31. The molecule has 1 amide bonds. The van der Waals surface area contributed by atoms with E-state index in [1.165, 1.54) is 12.5 Å². The highest BCUT2D eigenvalue weighted by molar-refractivity contribution is 5.79. The molecule has 3 nitrogen and oxygen atoms in total. The van der Waals surface area contributed by atoms with Crippen LogP contribution in [0.25, 0.3) is 0 Å². The fraction of sp³-hybridized carbons (Fsp3) is 0.533. The quantitative estimate of drug-likeness (QED) is 0.871. The molecule has 0 saturated heterocycles. The monoisotopic (exact) mass is 249 g/mol. The number of amides is 1. The van der Waals surface area contributed by atoms with Gasteiger partial charge < -0.3 is 10.0 Å². The molecule has 2 atom stereocenters. The van der Waals surface area contributed by atoms with Crippen LogP contribution in [-0.2, 0) is 11.3 Å². The van der Waals surface area contributed by atoms with Gasteiger partial charge in [-0.25, -0.2) is 0 Å². The van der Waals surface area contributed by atoms with Crippen molar-refractivity contribution in [3.8, 4) is 0 Å². The molecule has 2 unspecified atom stereocenters. The minimum absolute atomic E-state index is 0.249. The Hall–Kier alpha value is -1.35. The Bertz CT molecular complexity index is 384. The maximum absolute atomic E-state index is 11.5. The van der Waals surface area contributed by atoms with Gasteiger partial charge in [0, 0.05) is 13.6 Å². The van der Waals surface area contributed by atoms with Gasteiger partial charge in [-0.15, -0.1) is 0 Å². The summed E-state index contributed by atoms with van der Waals surface area (Å²) in [6.45, 7) is 6.40. The van der Waals surface area contributed by atoms with Crippen LogP contribution >= 0.6 is 0 Å². The van der Waals surface area contributed by atoms with Gasteiger partial charge in [0.2, 0.25) is 0 Å². The van der Waals surface area contributed by atoms with Crippen molar-refractivity contribution in [2.45, 2.75) is 45.8 Å². The molecule has 0 fully saturated rings. The van der Waals surface area contributed by atoms with Crippen LogP contribution in [0.3, 0.4) is 0 Å². The number of hydrogen-bond donors (Lipinski definition) is 1. The zero-order valence-electron chi connectivity index (χ0n) is 11.7. The van der Waals surface area contributed by atoms with E-state index >= 15 is 0 Å². The zero-order valence-corrected chi connectivity index (χ0v) is 11.7. The van der Waals surface area contributed by atoms with Gasteiger partial charge in [-0.1, -0.05) is 38.1 Å². The Kier molecular flexibility index (Phi) is 5.35. The van der Waals surface area contributed by atoms with Crippen molar-refractivity contribution in [3.05, 3.63) is 35.4 Å². The van der Waals surface area contributed by atoms with Crippen LogP contribution in [0, 0.1) is 0 Å². The molecule has 0 bridgehead atoms. The molecule has 0 spiro atoms. The number of nitrogens with zero attached hydrogens (tertiary/aromatic N) is 1. The van der Waals surface area contributed by atoms with Gasteiger partial charge in [0.1, 0.15) is 6.10 Å². The van der Waals surface area contributed by atoms with Crippen LogP contribution in [0.15, 0.2) is 24.3 Å². The first kappa shape index (κ1) is 14.7. The maximum atomic E-state index is 11.5. The summed E-state index contributed by atoms with van der Waals surface area (Å²) in [5.74, 6) is 0.317. The van der Waals surface area contributed by atoms with E-state index < -0.39 is 6.10 Å². The summed E-state index contributed by atoms with van der Waals surface area (Å²) in [6.07, 6.45) is 0.189. The Labute approximate surface area is 109 Å². The average molecular weight is 249 g/mol. The van der Waals surface area contributed by atoms with Crippen molar-refractivity contribution in [1.29, 1.82) is 0 Å². The first-order valence-corrected chi connectivity index (χ1v) is 6.47. The third-order valence-corrected chi connectivity index (χ3v) is 3.31. The number of carbonyl (C=O) groups excluding carboxylic acids is 1. The summed E-state index contributed by atoms with van der Waals surface area (Å²) < 4.78 is 0. The van der Waals surface area contributed by atoms with E-state index in [0.717, 1.165) is 12.0 Å². The summed E-state index contributed by atoms with van der Waals surface area (Å²) in [6, 6.07) is 8.33. The highest BCUT2D eigenvalue weighted by Gasteiger charge is 2.14. The van der Waals surface area contributed by atoms with Crippen LogP contribution in [0.5, 0.6) is 0 Å². The zero-order chi connectivity index (χ0) is 13.7. The lowest BCUT2D eigenvalue weighted by Crippen LogP contribution is -2.34. The molecule has 1 rings (SSSR count). The highest BCUT2D eigenvalue weighted by atomic mass is 16.3. The van der Waals surface area contributed by atoms with Crippen molar-refractivity contribution >= 4 is 5.91 Å². The SMILES string of the molecule is CCC(C)c1ccc(CN(C)C(=O)C(C)O)cc1. The Morgan fingerprint density at radius 2 is 1.83 bits per heavy atom.